The number of hydrogen-bond acceptors (Lipinski definition) is 8. The Balaban J connectivity index is 0.000000543. The van der Waals surface area contributed by atoms with Gasteiger partial charge in [-0.3, -0.25) is 10.2 Å². The fourth-order valence-corrected chi connectivity index (χ4v) is 4.38. The summed E-state index contributed by atoms with van der Waals surface area (Å²) >= 11 is 0. The highest BCUT2D eigenvalue weighted by Crippen LogP contribution is 2.27. The number of hydrogen-bond donors (Lipinski definition) is 7. The van der Waals surface area contributed by atoms with Crippen molar-refractivity contribution >= 4 is 40.5 Å². The number of aliphatic carboxylic acids is 2. The minimum absolute atomic E-state index is 0.0391. The summed E-state index contributed by atoms with van der Waals surface area (Å²) in [7, 11) is 0. The third-order valence-corrected chi connectivity index (χ3v) is 6.58. The van der Waals surface area contributed by atoms with Crippen LogP contribution in [-0.2, 0) is 16.1 Å². The molecule has 0 saturated heterocycles. The highest BCUT2D eigenvalue weighted by Gasteiger charge is 2.39. The second-order valence-corrected chi connectivity index (χ2v) is 10.6. The summed E-state index contributed by atoms with van der Waals surface area (Å²) in [4.78, 5) is 39.7. The van der Waals surface area contributed by atoms with Gasteiger partial charge in [-0.15, -0.1) is 13.2 Å². The number of halogens is 9. The van der Waals surface area contributed by atoms with E-state index in [4.69, 9.17) is 30.9 Å². The Hall–Kier alpha value is -5.57. The molecule has 13 nitrogen and oxygen atoms in total. The molecule has 2 unspecified atom stereocenters. The predicted molar refractivity (Wildman–Crippen MR) is 161 cm³/mol. The first-order valence-electron chi connectivity index (χ1n) is 14.3. The highest BCUT2D eigenvalue weighted by atomic mass is 19.4. The van der Waals surface area contributed by atoms with E-state index in [2.05, 4.69) is 30.7 Å². The second kappa shape index (κ2) is 17.4. The van der Waals surface area contributed by atoms with Gasteiger partial charge < -0.3 is 36.6 Å². The Morgan fingerprint density at radius 1 is 0.882 bits per heavy atom. The number of amides is 1. The molecule has 1 saturated carbocycles. The Kier molecular flexibility index (Phi) is 14.2. The van der Waals surface area contributed by atoms with Gasteiger partial charge >= 0.3 is 30.7 Å². The zero-order valence-corrected chi connectivity index (χ0v) is 26.1. The minimum Gasteiger partial charge on any atom is -0.475 e. The van der Waals surface area contributed by atoms with E-state index in [9.17, 15) is 44.3 Å². The van der Waals surface area contributed by atoms with E-state index in [-0.39, 0.29) is 36.2 Å². The lowest BCUT2D eigenvalue weighted by molar-refractivity contribution is -0.274. The third kappa shape index (κ3) is 14.4. The van der Waals surface area contributed by atoms with Crippen molar-refractivity contribution in [1.29, 1.82) is 5.41 Å². The van der Waals surface area contributed by atoms with E-state index in [1.54, 1.807) is 0 Å². The van der Waals surface area contributed by atoms with Gasteiger partial charge in [0, 0.05) is 24.0 Å². The molecule has 1 fully saturated rings. The number of carbonyl (C=O) groups excluding carboxylic acids is 1. The fourth-order valence-electron chi connectivity index (χ4n) is 4.38. The quantitative estimate of drug-likeness (QED) is 0.0945. The third-order valence-electron chi connectivity index (χ3n) is 6.58. The van der Waals surface area contributed by atoms with Gasteiger partial charge in [0.15, 0.2) is 5.96 Å². The summed E-state index contributed by atoms with van der Waals surface area (Å²) in [6.07, 6.45) is -11.2. The number of ether oxygens (including phenoxy) is 1. The number of rotatable bonds is 7. The molecule has 8 N–H and O–H groups in total. The molecule has 1 aliphatic rings. The molecule has 2 atom stereocenters. The van der Waals surface area contributed by atoms with Crippen molar-refractivity contribution in [3.05, 3.63) is 59.4 Å². The van der Waals surface area contributed by atoms with Crippen molar-refractivity contribution in [3.8, 4) is 5.75 Å². The van der Waals surface area contributed by atoms with Crippen LogP contribution in [0.1, 0.15) is 47.4 Å². The number of nitrogens with zero attached hydrogens (tertiary/aromatic N) is 2. The number of guanidine groups is 1. The molecule has 1 aromatic heterocycles. The second-order valence-electron chi connectivity index (χ2n) is 10.6. The Labute approximate surface area is 281 Å². The topological polar surface area (TPSA) is 213 Å². The maximum atomic E-state index is 12.9. The van der Waals surface area contributed by atoms with Crippen LogP contribution in [0.4, 0.5) is 45.3 Å². The molecular formula is C29H30F9N7O6. The van der Waals surface area contributed by atoms with Crippen molar-refractivity contribution in [2.45, 2.75) is 70.0 Å². The number of nitrogens with two attached hydrogens (primary N) is 1. The standard InChI is InChI=1S/C25H28F3N7O2.2C2HF3O2/c1-14-6-11-18-17(12-14)21(33-19-4-2-3-5-20(19)34-24(29)30)35-22(32-18)23(36)31-13-15-7-9-16(10-8-15)37-25(26,27)28;2*3-2(4,5)1(6)7/h6-12,19-20H,2-5,13H2,1H3,(H,31,36)(H4,29,30,34)(H,32,33,35);2*(H,6,7). The average Bonchev–Trinajstić information content (AvgIpc) is 3.00. The summed E-state index contributed by atoms with van der Waals surface area (Å²) in [6.45, 7) is 2.02. The van der Waals surface area contributed by atoms with E-state index in [1.807, 2.05) is 25.1 Å². The van der Waals surface area contributed by atoms with E-state index in [0.717, 1.165) is 36.6 Å². The van der Waals surface area contributed by atoms with Gasteiger partial charge in [0.1, 0.15) is 11.6 Å². The van der Waals surface area contributed by atoms with Crippen molar-refractivity contribution in [3.63, 3.8) is 0 Å². The van der Waals surface area contributed by atoms with Gasteiger partial charge in [0.05, 0.1) is 5.52 Å². The number of fused-ring (bicyclic) bond motifs is 1. The number of carbonyl (C=O) groups is 3. The lowest BCUT2D eigenvalue weighted by atomic mass is 9.90. The minimum atomic E-state index is -5.08. The zero-order chi connectivity index (χ0) is 38.7. The predicted octanol–water partition coefficient (Wildman–Crippen LogP) is 5.24. The molecule has 280 valence electrons. The number of aromatic nitrogens is 2. The van der Waals surface area contributed by atoms with Gasteiger partial charge in [-0.25, -0.2) is 19.6 Å². The molecule has 1 amide bonds. The van der Waals surface area contributed by atoms with Crippen LogP contribution in [0.3, 0.4) is 0 Å². The first-order valence-corrected chi connectivity index (χ1v) is 14.3. The molecule has 0 bridgehead atoms. The molecule has 0 aliphatic heterocycles. The van der Waals surface area contributed by atoms with Crippen molar-refractivity contribution in [2.75, 3.05) is 5.32 Å². The van der Waals surface area contributed by atoms with Gasteiger partial charge in [-0.1, -0.05) is 36.6 Å². The largest absolute Gasteiger partial charge is 0.573 e. The maximum absolute atomic E-state index is 12.9. The Bertz CT molecular complexity index is 1660. The van der Waals surface area contributed by atoms with Crippen molar-refractivity contribution < 1.29 is 68.8 Å². The SMILES string of the molecule is Cc1ccc2nc(C(=O)NCc3ccc(OC(F)(F)F)cc3)nc(NC3CCCCC3NC(=N)N)c2c1.O=C(O)C(F)(F)F.O=C(O)C(F)(F)F. The van der Waals surface area contributed by atoms with E-state index < -0.39 is 36.6 Å². The molecular weight excluding hydrogens is 713 g/mol. The van der Waals surface area contributed by atoms with Gasteiger partial charge in [0.25, 0.3) is 5.91 Å². The summed E-state index contributed by atoms with van der Waals surface area (Å²) in [5, 5.41) is 31.8. The molecule has 0 radical (unpaired) electrons. The van der Waals surface area contributed by atoms with Crippen LogP contribution in [0.2, 0.25) is 0 Å². The Morgan fingerprint density at radius 3 is 1.90 bits per heavy atom. The molecule has 3 aromatic rings. The highest BCUT2D eigenvalue weighted by molar-refractivity contribution is 5.96. The van der Waals surface area contributed by atoms with E-state index in [0.29, 0.717) is 16.9 Å². The monoisotopic (exact) mass is 743 g/mol. The molecule has 1 heterocycles. The number of carboxylic acid groups (broad SMARTS) is 2. The zero-order valence-electron chi connectivity index (χ0n) is 26.1. The number of alkyl halides is 9. The van der Waals surface area contributed by atoms with Crippen LogP contribution in [0, 0.1) is 12.3 Å². The summed E-state index contributed by atoms with van der Waals surface area (Å²) in [5.74, 6) is -6.01. The molecule has 4 rings (SSSR count). The molecule has 0 spiro atoms. The molecule has 2 aromatic carbocycles. The van der Waals surface area contributed by atoms with Crippen LogP contribution in [-0.4, -0.2) is 74.8 Å². The maximum Gasteiger partial charge on any atom is 0.573 e. The van der Waals surface area contributed by atoms with Crippen molar-refractivity contribution in [2.24, 2.45) is 5.73 Å². The van der Waals surface area contributed by atoms with Crippen LogP contribution >= 0.6 is 0 Å². The number of benzene rings is 2. The van der Waals surface area contributed by atoms with Gasteiger partial charge in [-0.2, -0.15) is 26.3 Å². The number of anilines is 1. The smallest absolute Gasteiger partial charge is 0.475 e. The lowest BCUT2D eigenvalue weighted by Crippen LogP contribution is -2.50. The first kappa shape index (κ1) is 41.6. The van der Waals surface area contributed by atoms with E-state index in [1.165, 1.54) is 24.3 Å². The molecule has 1 aliphatic carbocycles. The molecule has 51 heavy (non-hydrogen) atoms. The van der Waals surface area contributed by atoms with Crippen LogP contribution < -0.4 is 26.4 Å². The van der Waals surface area contributed by atoms with Gasteiger partial charge in [0.2, 0.25) is 5.82 Å². The number of aryl methyl sites for hydroxylation is 1. The summed E-state index contributed by atoms with van der Waals surface area (Å²) in [6, 6.07) is 10.8. The number of nitrogens with one attached hydrogen (secondary N) is 4. The summed E-state index contributed by atoms with van der Waals surface area (Å²) < 4.78 is 104. The van der Waals surface area contributed by atoms with Gasteiger partial charge in [-0.05, 0) is 49.6 Å². The normalized spacial score (nSPS) is 16.0. The van der Waals surface area contributed by atoms with Crippen LogP contribution in [0.5, 0.6) is 5.75 Å². The average molecular weight is 744 g/mol. The van der Waals surface area contributed by atoms with Crippen LogP contribution in [0.25, 0.3) is 10.9 Å². The van der Waals surface area contributed by atoms with Crippen LogP contribution in [0.15, 0.2) is 42.5 Å². The summed E-state index contributed by atoms with van der Waals surface area (Å²) in [5.41, 5.74) is 7.76. The Morgan fingerprint density at radius 2 is 1.41 bits per heavy atom. The first-order chi connectivity index (χ1) is 23.5. The van der Waals surface area contributed by atoms with E-state index >= 15 is 0 Å². The lowest BCUT2D eigenvalue weighted by Gasteiger charge is -2.33. The fraction of sp³-hybridized carbons (Fsp3) is 0.379. The van der Waals surface area contributed by atoms with Crippen molar-refractivity contribution in [1.82, 2.24) is 20.6 Å². The molecule has 22 heteroatoms. The number of carboxylic acids is 2.